The monoisotopic (exact) mass is 341 g/mol. The first kappa shape index (κ1) is 14.1. The smallest absolute Gasteiger partial charge is 0.232 e. The minimum Gasteiger partial charge on any atom is -0.480 e. The van der Waals surface area contributed by atoms with Crippen molar-refractivity contribution in [3.8, 4) is 5.88 Å². The summed E-state index contributed by atoms with van der Waals surface area (Å²) in [6.45, 7) is 0.538. The van der Waals surface area contributed by atoms with Crippen LogP contribution in [0.2, 0.25) is 0 Å². The van der Waals surface area contributed by atoms with Crippen LogP contribution in [0.15, 0.2) is 41.0 Å². The highest BCUT2D eigenvalue weighted by atomic mass is 79.9. The van der Waals surface area contributed by atoms with Gasteiger partial charge in [-0.25, -0.2) is 4.98 Å². The van der Waals surface area contributed by atoms with E-state index in [4.69, 9.17) is 16.3 Å². The van der Waals surface area contributed by atoms with E-state index in [1.54, 1.807) is 13.3 Å². The first-order chi connectivity index (χ1) is 9.20. The number of methoxy groups -OCH3 is 1. The Hall–Kier alpha value is -1.33. The number of anilines is 1. The molecule has 0 fully saturated rings. The van der Waals surface area contributed by atoms with Crippen LogP contribution in [0.4, 0.5) is 5.95 Å². The SMILES string of the molecule is COc1nc(NCC(Cl)c2ccccc2)ncc1Br. The highest BCUT2D eigenvalue weighted by molar-refractivity contribution is 9.10. The van der Waals surface area contributed by atoms with Gasteiger partial charge in [0.1, 0.15) is 0 Å². The second-order valence-electron chi connectivity index (χ2n) is 3.81. The predicted molar refractivity (Wildman–Crippen MR) is 79.8 cm³/mol. The standard InChI is InChI=1S/C13H13BrClN3O/c1-19-12-10(14)7-16-13(18-12)17-8-11(15)9-5-3-2-4-6-9/h2-7,11H,8H2,1H3,(H,16,17,18). The maximum atomic E-state index is 6.30. The molecule has 4 nitrogen and oxygen atoms in total. The van der Waals surface area contributed by atoms with E-state index in [0.717, 1.165) is 5.56 Å². The number of rotatable bonds is 5. The Bertz CT molecular complexity index is 539. The summed E-state index contributed by atoms with van der Waals surface area (Å²) in [6.07, 6.45) is 1.64. The third-order valence-electron chi connectivity index (χ3n) is 2.51. The molecule has 0 aliphatic rings. The van der Waals surface area contributed by atoms with Gasteiger partial charge in [0.25, 0.3) is 0 Å². The topological polar surface area (TPSA) is 47.0 Å². The van der Waals surface area contributed by atoms with Crippen molar-refractivity contribution in [1.82, 2.24) is 9.97 Å². The van der Waals surface area contributed by atoms with Crippen molar-refractivity contribution in [3.05, 3.63) is 46.6 Å². The zero-order chi connectivity index (χ0) is 13.7. The number of aromatic nitrogens is 2. The molecule has 2 rings (SSSR count). The highest BCUT2D eigenvalue weighted by Gasteiger charge is 2.09. The number of benzene rings is 1. The van der Waals surface area contributed by atoms with Gasteiger partial charge >= 0.3 is 0 Å². The van der Waals surface area contributed by atoms with Crippen LogP contribution in [0.5, 0.6) is 5.88 Å². The van der Waals surface area contributed by atoms with E-state index in [-0.39, 0.29) is 5.38 Å². The Morgan fingerprint density at radius 2 is 2.11 bits per heavy atom. The van der Waals surface area contributed by atoms with Crippen molar-refractivity contribution in [2.24, 2.45) is 0 Å². The molecule has 6 heteroatoms. The number of alkyl halides is 1. The predicted octanol–water partition coefficient (Wildman–Crippen LogP) is 3.64. The van der Waals surface area contributed by atoms with Crippen molar-refractivity contribution >= 4 is 33.5 Å². The zero-order valence-electron chi connectivity index (χ0n) is 10.3. The molecule has 0 amide bonds. The molecule has 1 heterocycles. The van der Waals surface area contributed by atoms with E-state index in [0.29, 0.717) is 22.8 Å². The fourth-order valence-corrected chi connectivity index (χ4v) is 2.12. The molecule has 1 N–H and O–H groups in total. The Kier molecular flexibility index (Phi) is 4.99. The lowest BCUT2D eigenvalue weighted by Gasteiger charge is -2.11. The summed E-state index contributed by atoms with van der Waals surface area (Å²) >= 11 is 9.61. The fourth-order valence-electron chi connectivity index (χ4n) is 1.54. The molecule has 0 spiro atoms. The number of nitrogens with one attached hydrogen (secondary N) is 1. The lowest BCUT2D eigenvalue weighted by Crippen LogP contribution is -2.10. The summed E-state index contributed by atoms with van der Waals surface area (Å²) in [5.74, 6) is 0.977. The van der Waals surface area contributed by atoms with E-state index in [9.17, 15) is 0 Å². The summed E-state index contributed by atoms with van der Waals surface area (Å²) in [4.78, 5) is 8.35. The molecule has 0 saturated heterocycles. The Labute approximate surface area is 125 Å². The van der Waals surface area contributed by atoms with Crippen molar-refractivity contribution in [1.29, 1.82) is 0 Å². The van der Waals surface area contributed by atoms with Gasteiger partial charge in [0.05, 0.1) is 23.2 Å². The van der Waals surface area contributed by atoms with Gasteiger partial charge in [-0.3, -0.25) is 0 Å². The van der Waals surface area contributed by atoms with Gasteiger partial charge in [-0.15, -0.1) is 11.6 Å². The van der Waals surface area contributed by atoms with Crippen LogP contribution in [0, 0.1) is 0 Å². The van der Waals surface area contributed by atoms with Crippen LogP contribution >= 0.6 is 27.5 Å². The summed E-state index contributed by atoms with van der Waals surface area (Å²) < 4.78 is 5.82. The van der Waals surface area contributed by atoms with Crippen LogP contribution in [0.3, 0.4) is 0 Å². The lowest BCUT2D eigenvalue weighted by molar-refractivity contribution is 0.394. The fraction of sp³-hybridized carbons (Fsp3) is 0.231. The Morgan fingerprint density at radius 1 is 1.37 bits per heavy atom. The number of halogens is 2. The van der Waals surface area contributed by atoms with Crippen molar-refractivity contribution in [3.63, 3.8) is 0 Å². The van der Waals surface area contributed by atoms with Gasteiger partial charge in [0, 0.05) is 6.54 Å². The van der Waals surface area contributed by atoms with E-state index in [2.05, 4.69) is 31.2 Å². The van der Waals surface area contributed by atoms with Gasteiger partial charge in [0.15, 0.2) is 0 Å². The van der Waals surface area contributed by atoms with Gasteiger partial charge in [-0.2, -0.15) is 4.98 Å². The van der Waals surface area contributed by atoms with Crippen LogP contribution < -0.4 is 10.1 Å². The molecular formula is C13H13BrClN3O. The maximum Gasteiger partial charge on any atom is 0.232 e. The number of hydrogen-bond donors (Lipinski definition) is 1. The maximum absolute atomic E-state index is 6.30. The quantitative estimate of drug-likeness (QED) is 0.843. The summed E-state index contributed by atoms with van der Waals surface area (Å²) in [5.41, 5.74) is 1.06. The minimum atomic E-state index is -0.139. The molecule has 1 aromatic heterocycles. The van der Waals surface area contributed by atoms with E-state index >= 15 is 0 Å². The molecule has 1 atom stereocenters. The van der Waals surface area contributed by atoms with Crippen LogP contribution in [-0.4, -0.2) is 23.6 Å². The van der Waals surface area contributed by atoms with E-state index < -0.39 is 0 Å². The molecule has 100 valence electrons. The van der Waals surface area contributed by atoms with Crippen LogP contribution in [-0.2, 0) is 0 Å². The van der Waals surface area contributed by atoms with Crippen molar-refractivity contribution < 1.29 is 4.74 Å². The molecular weight excluding hydrogens is 330 g/mol. The summed E-state index contributed by atoms with van der Waals surface area (Å²) in [7, 11) is 1.56. The lowest BCUT2D eigenvalue weighted by atomic mass is 10.1. The van der Waals surface area contributed by atoms with Crippen LogP contribution in [0.1, 0.15) is 10.9 Å². The summed E-state index contributed by atoms with van der Waals surface area (Å²) in [5, 5.41) is 2.95. The average molecular weight is 343 g/mol. The first-order valence-electron chi connectivity index (χ1n) is 5.70. The largest absolute Gasteiger partial charge is 0.480 e. The van der Waals surface area contributed by atoms with Gasteiger partial charge in [-0.1, -0.05) is 30.3 Å². The van der Waals surface area contributed by atoms with Crippen molar-refractivity contribution in [2.45, 2.75) is 5.38 Å². The molecule has 0 radical (unpaired) electrons. The third kappa shape index (κ3) is 3.81. The molecule has 2 aromatic rings. The second-order valence-corrected chi connectivity index (χ2v) is 5.19. The minimum absolute atomic E-state index is 0.139. The van der Waals surface area contributed by atoms with Gasteiger partial charge < -0.3 is 10.1 Å². The first-order valence-corrected chi connectivity index (χ1v) is 6.93. The highest BCUT2D eigenvalue weighted by Crippen LogP contribution is 2.23. The molecule has 0 aliphatic carbocycles. The van der Waals surface area contributed by atoms with Crippen molar-refractivity contribution in [2.75, 3.05) is 19.0 Å². The number of ether oxygens (including phenoxy) is 1. The van der Waals surface area contributed by atoms with E-state index in [1.165, 1.54) is 0 Å². The summed E-state index contributed by atoms with van der Waals surface area (Å²) in [6, 6.07) is 9.86. The Morgan fingerprint density at radius 3 is 2.79 bits per heavy atom. The normalized spacial score (nSPS) is 11.9. The molecule has 1 aromatic carbocycles. The number of hydrogen-bond acceptors (Lipinski definition) is 4. The second kappa shape index (κ2) is 6.73. The Balaban J connectivity index is 1.99. The molecule has 19 heavy (non-hydrogen) atoms. The molecule has 0 saturated carbocycles. The number of nitrogens with zero attached hydrogens (tertiary/aromatic N) is 2. The third-order valence-corrected chi connectivity index (χ3v) is 3.46. The van der Waals surface area contributed by atoms with Gasteiger partial charge in [0.2, 0.25) is 11.8 Å². The van der Waals surface area contributed by atoms with Gasteiger partial charge in [-0.05, 0) is 21.5 Å². The molecule has 0 aliphatic heterocycles. The van der Waals surface area contributed by atoms with E-state index in [1.807, 2.05) is 30.3 Å². The van der Waals surface area contributed by atoms with Crippen LogP contribution in [0.25, 0.3) is 0 Å². The average Bonchev–Trinajstić information content (AvgIpc) is 2.47. The zero-order valence-corrected chi connectivity index (χ0v) is 12.6. The molecule has 1 unspecified atom stereocenters. The molecule has 0 bridgehead atoms.